The summed E-state index contributed by atoms with van der Waals surface area (Å²) in [5.41, 5.74) is 2.92. The SMILES string of the molecule is Cc1cc2c(=O)n(NC(=O)Cc3ccc(F)cc3)c(C)nc2s1. The minimum Gasteiger partial charge on any atom is -0.273 e. The van der Waals surface area contributed by atoms with Crippen LogP contribution in [0.15, 0.2) is 35.1 Å². The molecule has 0 unspecified atom stereocenters. The molecule has 0 bridgehead atoms. The summed E-state index contributed by atoms with van der Waals surface area (Å²) in [6.07, 6.45) is 0.0485. The lowest BCUT2D eigenvalue weighted by Gasteiger charge is -2.10. The maximum atomic E-state index is 12.9. The molecule has 1 aromatic carbocycles. The highest BCUT2D eigenvalue weighted by Crippen LogP contribution is 2.20. The Morgan fingerprint density at radius 2 is 2.00 bits per heavy atom. The van der Waals surface area contributed by atoms with Crippen molar-refractivity contribution in [2.45, 2.75) is 20.3 Å². The first-order chi connectivity index (χ1) is 10.9. The van der Waals surface area contributed by atoms with Gasteiger partial charge in [0.2, 0.25) is 5.91 Å². The second-order valence-corrected chi connectivity index (χ2v) is 6.45. The number of nitrogens with zero attached hydrogens (tertiary/aromatic N) is 2. The molecule has 0 fully saturated rings. The summed E-state index contributed by atoms with van der Waals surface area (Å²) in [6, 6.07) is 7.42. The van der Waals surface area contributed by atoms with E-state index in [-0.39, 0.29) is 23.7 Å². The van der Waals surface area contributed by atoms with Gasteiger partial charge in [0.05, 0.1) is 11.8 Å². The predicted octanol–water partition coefficient (Wildman–Crippen LogP) is 2.53. The molecular weight excluding hydrogens is 317 g/mol. The van der Waals surface area contributed by atoms with E-state index in [9.17, 15) is 14.0 Å². The molecule has 0 aliphatic rings. The zero-order chi connectivity index (χ0) is 16.6. The number of hydrogen-bond donors (Lipinski definition) is 1. The average Bonchev–Trinajstić information content (AvgIpc) is 2.86. The van der Waals surface area contributed by atoms with E-state index in [0.29, 0.717) is 21.6 Å². The Balaban J connectivity index is 1.87. The molecule has 0 aliphatic heterocycles. The minimum absolute atomic E-state index is 0.0485. The number of benzene rings is 1. The largest absolute Gasteiger partial charge is 0.281 e. The first kappa shape index (κ1) is 15.4. The van der Waals surface area contributed by atoms with E-state index < -0.39 is 0 Å². The number of aryl methyl sites for hydroxylation is 2. The second-order valence-electron chi connectivity index (χ2n) is 5.21. The molecule has 2 heterocycles. The Morgan fingerprint density at radius 1 is 1.30 bits per heavy atom. The Morgan fingerprint density at radius 3 is 2.70 bits per heavy atom. The molecule has 7 heteroatoms. The van der Waals surface area contributed by atoms with Crippen molar-refractivity contribution in [2.75, 3.05) is 5.43 Å². The van der Waals surface area contributed by atoms with Crippen molar-refractivity contribution in [2.24, 2.45) is 0 Å². The first-order valence-electron chi connectivity index (χ1n) is 6.98. The maximum absolute atomic E-state index is 12.9. The minimum atomic E-state index is -0.366. The number of rotatable bonds is 3. The third-order valence-corrected chi connectivity index (χ3v) is 4.31. The van der Waals surface area contributed by atoms with Crippen LogP contribution >= 0.6 is 11.3 Å². The van der Waals surface area contributed by atoms with Crippen molar-refractivity contribution in [3.8, 4) is 0 Å². The fraction of sp³-hybridized carbons (Fsp3) is 0.188. The standard InChI is InChI=1S/C16H14FN3O2S/c1-9-7-13-15(23-9)18-10(2)20(16(13)22)19-14(21)8-11-3-5-12(17)6-4-11/h3-7H,8H2,1-2H3,(H,19,21). The van der Waals surface area contributed by atoms with Crippen molar-refractivity contribution < 1.29 is 9.18 Å². The Labute approximate surface area is 135 Å². The molecule has 3 aromatic rings. The van der Waals surface area contributed by atoms with Crippen LogP contribution in [0.3, 0.4) is 0 Å². The summed E-state index contributed by atoms with van der Waals surface area (Å²) < 4.78 is 14.0. The van der Waals surface area contributed by atoms with Gasteiger partial charge in [0.1, 0.15) is 16.5 Å². The summed E-state index contributed by atoms with van der Waals surface area (Å²) in [6.45, 7) is 3.56. The van der Waals surface area contributed by atoms with Crippen LogP contribution in [0.5, 0.6) is 0 Å². The van der Waals surface area contributed by atoms with Gasteiger partial charge >= 0.3 is 0 Å². The van der Waals surface area contributed by atoms with E-state index in [1.165, 1.54) is 35.6 Å². The number of carbonyl (C=O) groups is 1. The summed E-state index contributed by atoms with van der Waals surface area (Å²) in [5, 5.41) is 0.486. The van der Waals surface area contributed by atoms with Crippen LogP contribution in [-0.2, 0) is 11.2 Å². The molecule has 3 rings (SSSR count). The van der Waals surface area contributed by atoms with Gasteiger partial charge in [-0.05, 0) is 37.6 Å². The van der Waals surface area contributed by atoms with E-state index in [1.807, 2.05) is 6.92 Å². The predicted molar refractivity (Wildman–Crippen MR) is 87.8 cm³/mol. The average molecular weight is 331 g/mol. The third kappa shape index (κ3) is 3.14. The number of carbonyl (C=O) groups excluding carboxylic acids is 1. The molecule has 0 atom stereocenters. The lowest BCUT2D eigenvalue weighted by molar-refractivity contribution is -0.116. The summed E-state index contributed by atoms with van der Waals surface area (Å²) >= 11 is 1.44. The number of halogens is 1. The Kier molecular flexibility index (Phi) is 3.96. The van der Waals surface area contributed by atoms with Crippen molar-refractivity contribution in [3.63, 3.8) is 0 Å². The van der Waals surface area contributed by atoms with E-state index in [0.717, 1.165) is 9.55 Å². The molecule has 118 valence electrons. The first-order valence-corrected chi connectivity index (χ1v) is 7.80. The van der Waals surface area contributed by atoms with E-state index in [2.05, 4.69) is 10.4 Å². The lowest BCUT2D eigenvalue weighted by atomic mass is 10.1. The van der Waals surface area contributed by atoms with E-state index in [4.69, 9.17) is 0 Å². The molecular formula is C16H14FN3O2S. The zero-order valence-corrected chi connectivity index (χ0v) is 13.4. The smallest absolute Gasteiger partial charge is 0.273 e. The molecule has 5 nitrogen and oxygen atoms in total. The van der Waals surface area contributed by atoms with E-state index in [1.54, 1.807) is 13.0 Å². The fourth-order valence-electron chi connectivity index (χ4n) is 2.29. The molecule has 0 radical (unpaired) electrons. The Bertz CT molecular complexity index is 944. The number of amides is 1. The molecule has 0 spiro atoms. The van der Waals surface area contributed by atoms with Gasteiger partial charge in [-0.15, -0.1) is 11.3 Å². The van der Waals surface area contributed by atoms with Crippen LogP contribution in [0.1, 0.15) is 16.3 Å². The molecule has 0 saturated carbocycles. The monoisotopic (exact) mass is 331 g/mol. The quantitative estimate of drug-likeness (QED) is 0.802. The highest BCUT2D eigenvalue weighted by Gasteiger charge is 2.13. The normalized spacial score (nSPS) is 10.9. The van der Waals surface area contributed by atoms with Crippen LogP contribution in [0.25, 0.3) is 10.2 Å². The number of nitrogens with one attached hydrogen (secondary N) is 1. The number of thiophene rings is 1. The van der Waals surface area contributed by atoms with Crippen molar-refractivity contribution >= 4 is 27.5 Å². The van der Waals surface area contributed by atoms with Crippen LogP contribution in [-0.4, -0.2) is 15.6 Å². The molecule has 1 amide bonds. The van der Waals surface area contributed by atoms with Gasteiger partial charge in [0.15, 0.2) is 0 Å². The second kappa shape index (κ2) is 5.92. The van der Waals surface area contributed by atoms with Crippen molar-refractivity contribution in [3.05, 3.63) is 62.8 Å². The van der Waals surface area contributed by atoms with Gasteiger partial charge in [0, 0.05) is 4.88 Å². The number of aromatic nitrogens is 2. The Hall–Kier alpha value is -2.54. The van der Waals surface area contributed by atoms with E-state index >= 15 is 0 Å². The van der Waals surface area contributed by atoms with Crippen LogP contribution in [0, 0.1) is 19.7 Å². The van der Waals surface area contributed by atoms with Crippen LogP contribution < -0.4 is 11.0 Å². The highest BCUT2D eigenvalue weighted by atomic mass is 32.1. The van der Waals surface area contributed by atoms with Gasteiger partial charge in [0.25, 0.3) is 5.56 Å². The van der Waals surface area contributed by atoms with Gasteiger partial charge in [-0.2, -0.15) is 0 Å². The molecule has 2 aromatic heterocycles. The van der Waals surface area contributed by atoms with Gasteiger partial charge in [-0.1, -0.05) is 12.1 Å². The molecule has 1 N–H and O–H groups in total. The van der Waals surface area contributed by atoms with Gasteiger partial charge in [-0.3, -0.25) is 15.0 Å². The van der Waals surface area contributed by atoms with Gasteiger partial charge in [-0.25, -0.2) is 14.1 Å². The van der Waals surface area contributed by atoms with Crippen molar-refractivity contribution in [1.82, 2.24) is 9.66 Å². The van der Waals surface area contributed by atoms with Crippen LogP contribution in [0.4, 0.5) is 4.39 Å². The topological polar surface area (TPSA) is 64.0 Å². The molecule has 0 saturated heterocycles. The highest BCUT2D eigenvalue weighted by molar-refractivity contribution is 7.18. The van der Waals surface area contributed by atoms with Crippen LogP contribution in [0.2, 0.25) is 0 Å². The van der Waals surface area contributed by atoms with Gasteiger partial charge < -0.3 is 0 Å². The summed E-state index contributed by atoms with van der Waals surface area (Å²) in [7, 11) is 0. The van der Waals surface area contributed by atoms with Crippen molar-refractivity contribution in [1.29, 1.82) is 0 Å². The summed E-state index contributed by atoms with van der Waals surface area (Å²) in [5.74, 6) is -0.310. The molecule has 0 aliphatic carbocycles. The maximum Gasteiger partial charge on any atom is 0.281 e. The molecule has 23 heavy (non-hydrogen) atoms. The number of hydrogen-bond acceptors (Lipinski definition) is 4. The third-order valence-electron chi connectivity index (χ3n) is 3.37. The summed E-state index contributed by atoms with van der Waals surface area (Å²) in [4.78, 5) is 30.6. The lowest BCUT2D eigenvalue weighted by Crippen LogP contribution is -2.36. The fourth-order valence-corrected chi connectivity index (χ4v) is 3.20. The number of fused-ring (bicyclic) bond motifs is 1. The zero-order valence-electron chi connectivity index (χ0n) is 12.6.